The van der Waals surface area contributed by atoms with E-state index in [1.54, 1.807) is 6.07 Å². The van der Waals surface area contributed by atoms with Crippen LogP contribution in [0, 0.1) is 5.41 Å². The molecule has 0 aromatic heterocycles. The highest BCUT2D eigenvalue weighted by Gasteiger charge is 2.33. The number of phenols is 1. The van der Waals surface area contributed by atoms with E-state index in [1.165, 1.54) is 6.42 Å². The zero-order valence-corrected chi connectivity index (χ0v) is 13.4. The summed E-state index contributed by atoms with van der Waals surface area (Å²) in [6.45, 7) is 8.43. The summed E-state index contributed by atoms with van der Waals surface area (Å²) >= 11 is 0. The molecule has 2 fully saturated rings. The molecule has 1 aromatic carbocycles. The molecule has 0 amide bonds. The summed E-state index contributed by atoms with van der Waals surface area (Å²) in [5.41, 5.74) is 1.46. The normalized spacial score (nSPS) is 30.0. The minimum atomic E-state index is 0. The smallest absolute Gasteiger partial charge is 0.115 e. The Bertz CT molecular complexity index is 463. The molecule has 21 heavy (non-hydrogen) atoms. The van der Waals surface area contributed by atoms with Gasteiger partial charge in [0.25, 0.3) is 0 Å². The molecular formula is C16H25ClN2O2. The lowest BCUT2D eigenvalue weighted by molar-refractivity contribution is -0.0401. The Morgan fingerprint density at radius 2 is 2.33 bits per heavy atom. The minimum absolute atomic E-state index is 0. The van der Waals surface area contributed by atoms with E-state index in [4.69, 9.17) is 4.74 Å². The Labute approximate surface area is 132 Å². The van der Waals surface area contributed by atoms with E-state index in [0.717, 1.165) is 44.9 Å². The Morgan fingerprint density at radius 3 is 3.05 bits per heavy atom. The van der Waals surface area contributed by atoms with E-state index >= 15 is 0 Å². The summed E-state index contributed by atoms with van der Waals surface area (Å²) < 4.78 is 5.88. The van der Waals surface area contributed by atoms with Gasteiger partial charge in [0, 0.05) is 26.2 Å². The second-order valence-corrected chi connectivity index (χ2v) is 6.43. The first-order chi connectivity index (χ1) is 9.65. The molecule has 5 heteroatoms. The fraction of sp³-hybridized carbons (Fsp3) is 0.625. The van der Waals surface area contributed by atoms with Gasteiger partial charge in [0.05, 0.1) is 12.7 Å². The van der Waals surface area contributed by atoms with Crippen molar-refractivity contribution in [1.82, 2.24) is 10.2 Å². The Morgan fingerprint density at radius 1 is 1.48 bits per heavy atom. The fourth-order valence-electron chi connectivity index (χ4n) is 3.32. The molecule has 4 nitrogen and oxygen atoms in total. The van der Waals surface area contributed by atoms with E-state index in [9.17, 15) is 5.11 Å². The first-order valence-corrected chi connectivity index (χ1v) is 7.48. The second kappa shape index (κ2) is 6.97. The van der Waals surface area contributed by atoms with Crippen molar-refractivity contribution in [2.45, 2.75) is 19.4 Å². The lowest BCUT2D eigenvalue weighted by atomic mass is 9.89. The van der Waals surface area contributed by atoms with Crippen molar-refractivity contribution in [3.8, 4) is 5.75 Å². The fourth-order valence-corrected chi connectivity index (χ4v) is 3.32. The van der Waals surface area contributed by atoms with Crippen LogP contribution in [-0.2, 0) is 4.74 Å². The van der Waals surface area contributed by atoms with Gasteiger partial charge in [-0.15, -0.1) is 12.4 Å². The predicted molar refractivity (Wildman–Crippen MR) is 86.1 cm³/mol. The van der Waals surface area contributed by atoms with Crippen molar-refractivity contribution in [3.63, 3.8) is 0 Å². The predicted octanol–water partition coefficient (Wildman–Crippen LogP) is 2.19. The molecule has 0 radical (unpaired) electrons. The van der Waals surface area contributed by atoms with Crippen LogP contribution in [0.1, 0.15) is 25.0 Å². The van der Waals surface area contributed by atoms with E-state index < -0.39 is 0 Å². The molecule has 0 bridgehead atoms. The molecule has 2 N–H and O–H groups in total. The quantitative estimate of drug-likeness (QED) is 0.898. The molecule has 2 saturated heterocycles. The summed E-state index contributed by atoms with van der Waals surface area (Å²) in [4.78, 5) is 2.51. The van der Waals surface area contributed by atoms with Gasteiger partial charge < -0.3 is 15.2 Å². The van der Waals surface area contributed by atoms with Crippen molar-refractivity contribution in [1.29, 1.82) is 0 Å². The number of aromatic hydroxyl groups is 1. The number of nitrogens with one attached hydrogen (secondary N) is 1. The van der Waals surface area contributed by atoms with Gasteiger partial charge in [0.2, 0.25) is 0 Å². The summed E-state index contributed by atoms with van der Waals surface area (Å²) in [7, 11) is 0. The zero-order valence-electron chi connectivity index (χ0n) is 12.5. The van der Waals surface area contributed by atoms with Crippen LogP contribution >= 0.6 is 12.4 Å². The van der Waals surface area contributed by atoms with Crippen molar-refractivity contribution < 1.29 is 9.84 Å². The van der Waals surface area contributed by atoms with Crippen LogP contribution in [0.25, 0.3) is 0 Å². The molecule has 2 atom stereocenters. The summed E-state index contributed by atoms with van der Waals surface area (Å²) in [5, 5.41) is 13.1. The number of hydrogen-bond donors (Lipinski definition) is 2. The Hall–Kier alpha value is -0.810. The summed E-state index contributed by atoms with van der Waals surface area (Å²) in [6, 6.07) is 7.43. The van der Waals surface area contributed by atoms with E-state index in [-0.39, 0.29) is 18.5 Å². The Balaban J connectivity index is 0.00000161. The largest absolute Gasteiger partial charge is 0.508 e. The van der Waals surface area contributed by atoms with Crippen molar-refractivity contribution in [2.75, 3.05) is 39.3 Å². The maximum atomic E-state index is 9.60. The van der Waals surface area contributed by atoms with Crippen LogP contribution in [0.15, 0.2) is 24.3 Å². The number of hydrogen-bond acceptors (Lipinski definition) is 4. The van der Waals surface area contributed by atoms with Gasteiger partial charge in [-0.1, -0.05) is 19.1 Å². The van der Waals surface area contributed by atoms with Crippen molar-refractivity contribution in [3.05, 3.63) is 29.8 Å². The molecule has 2 aliphatic rings. The molecule has 2 heterocycles. The lowest BCUT2D eigenvalue weighted by Crippen LogP contribution is -2.44. The van der Waals surface area contributed by atoms with Crippen LogP contribution in [0.3, 0.4) is 0 Å². The number of morpholine rings is 1. The van der Waals surface area contributed by atoms with E-state index in [1.807, 2.05) is 18.2 Å². The standard InChI is InChI=1S/C16H24N2O2.ClH/c1-16(5-6-17-11-16)12-18-7-8-20-15(10-18)13-3-2-4-14(19)9-13;/h2-4,9,15,17,19H,5-8,10-12H2,1H3;1H. The molecule has 0 saturated carbocycles. The first-order valence-electron chi connectivity index (χ1n) is 7.48. The SMILES string of the molecule is CC1(CN2CCOC(c3cccc(O)c3)C2)CCNC1.Cl. The third-order valence-corrected chi connectivity index (χ3v) is 4.46. The molecule has 118 valence electrons. The van der Waals surface area contributed by atoms with Crippen LogP contribution in [0.5, 0.6) is 5.75 Å². The first kappa shape index (κ1) is 16.6. The van der Waals surface area contributed by atoms with Crippen LogP contribution < -0.4 is 5.32 Å². The summed E-state index contributed by atoms with van der Waals surface area (Å²) in [5.74, 6) is 0.315. The zero-order chi connectivity index (χ0) is 14.0. The number of rotatable bonds is 3. The molecular weight excluding hydrogens is 288 g/mol. The number of ether oxygens (including phenoxy) is 1. The van der Waals surface area contributed by atoms with Crippen LogP contribution in [0.4, 0.5) is 0 Å². The molecule has 3 rings (SSSR count). The van der Waals surface area contributed by atoms with Gasteiger partial charge in [-0.05, 0) is 36.1 Å². The Kier molecular flexibility index (Phi) is 5.49. The van der Waals surface area contributed by atoms with Crippen LogP contribution in [-0.4, -0.2) is 49.3 Å². The lowest BCUT2D eigenvalue weighted by Gasteiger charge is -2.37. The highest BCUT2D eigenvalue weighted by atomic mass is 35.5. The average Bonchev–Trinajstić information content (AvgIpc) is 2.85. The molecule has 1 aromatic rings. The third-order valence-electron chi connectivity index (χ3n) is 4.46. The molecule has 0 spiro atoms. The third kappa shape index (κ3) is 4.10. The van der Waals surface area contributed by atoms with Gasteiger partial charge in [0.1, 0.15) is 5.75 Å². The summed E-state index contributed by atoms with van der Waals surface area (Å²) in [6.07, 6.45) is 1.33. The maximum absolute atomic E-state index is 9.60. The highest BCUT2D eigenvalue weighted by Crippen LogP contribution is 2.29. The molecule has 2 unspecified atom stereocenters. The van der Waals surface area contributed by atoms with Gasteiger partial charge in [0.15, 0.2) is 0 Å². The van der Waals surface area contributed by atoms with E-state index in [2.05, 4.69) is 17.1 Å². The number of benzene rings is 1. The topological polar surface area (TPSA) is 44.7 Å². The highest BCUT2D eigenvalue weighted by molar-refractivity contribution is 5.85. The minimum Gasteiger partial charge on any atom is -0.508 e. The van der Waals surface area contributed by atoms with Gasteiger partial charge in [-0.25, -0.2) is 0 Å². The number of nitrogens with zero attached hydrogens (tertiary/aromatic N) is 1. The maximum Gasteiger partial charge on any atom is 0.115 e. The van der Waals surface area contributed by atoms with Crippen LogP contribution in [0.2, 0.25) is 0 Å². The van der Waals surface area contributed by atoms with Gasteiger partial charge in [-0.2, -0.15) is 0 Å². The second-order valence-electron chi connectivity index (χ2n) is 6.43. The van der Waals surface area contributed by atoms with Gasteiger partial charge >= 0.3 is 0 Å². The van der Waals surface area contributed by atoms with Gasteiger partial charge in [-0.3, -0.25) is 4.90 Å². The number of halogens is 1. The number of phenolic OH excluding ortho intramolecular Hbond substituents is 1. The van der Waals surface area contributed by atoms with E-state index in [0.29, 0.717) is 11.2 Å². The average molecular weight is 313 g/mol. The monoisotopic (exact) mass is 312 g/mol. The van der Waals surface area contributed by atoms with Crippen molar-refractivity contribution in [2.24, 2.45) is 5.41 Å². The molecule has 2 aliphatic heterocycles. The molecule has 0 aliphatic carbocycles. The van der Waals surface area contributed by atoms with Crippen molar-refractivity contribution >= 4 is 12.4 Å².